The molecular weight excluding hydrogens is 180 g/mol. The Balaban J connectivity index is 2.17. The van der Waals surface area contributed by atoms with E-state index in [1.54, 1.807) is 0 Å². The number of rotatable bonds is 4. The van der Waals surface area contributed by atoms with Gasteiger partial charge in [0, 0.05) is 11.0 Å². The summed E-state index contributed by atoms with van der Waals surface area (Å²) in [5.74, 6) is 0.911. The van der Waals surface area contributed by atoms with Gasteiger partial charge in [-0.05, 0) is 26.2 Å². The molecule has 0 amide bonds. The first kappa shape index (κ1) is 11.4. The lowest BCUT2D eigenvalue weighted by molar-refractivity contribution is 0.0814. The first-order chi connectivity index (χ1) is 6.14. The third-order valence-electron chi connectivity index (χ3n) is 2.94. The SMILES string of the molecule is CCC(C)(O)CSC1CCCCC1. The minimum absolute atomic E-state index is 0.442. The largest absolute Gasteiger partial charge is 0.389 e. The van der Waals surface area contributed by atoms with Gasteiger partial charge in [0.25, 0.3) is 0 Å². The van der Waals surface area contributed by atoms with Gasteiger partial charge in [-0.2, -0.15) is 11.8 Å². The van der Waals surface area contributed by atoms with Gasteiger partial charge < -0.3 is 5.11 Å². The molecule has 1 unspecified atom stereocenters. The quantitative estimate of drug-likeness (QED) is 0.755. The van der Waals surface area contributed by atoms with Crippen molar-refractivity contribution in [2.24, 2.45) is 0 Å². The number of aliphatic hydroxyl groups is 1. The molecule has 0 aromatic rings. The Labute approximate surface area is 86.3 Å². The van der Waals surface area contributed by atoms with Crippen molar-refractivity contribution in [3.63, 3.8) is 0 Å². The van der Waals surface area contributed by atoms with E-state index in [0.29, 0.717) is 0 Å². The second-order valence-corrected chi connectivity index (χ2v) is 5.71. The summed E-state index contributed by atoms with van der Waals surface area (Å²) >= 11 is 1.98. The summed E-state index contributed by atoms with van der Waals surface area (Å²) in [4.78, 5) is 0. The van der Waals surface area contributed by atoms with Crippen LogP contribution in [0, 0.1) is 0 Å². The molecule has 13 heavy (non-hydrogen) atoms. The predicted molar refractivity (Wildman–Crippen MR) is 60.2 cm³/mol. The molecule has 1 aliphatic rings. The molecule has 1 atom stereocenters. The predicted octanol–water partition coefficient (Wildman–Crippen LogP) is 3.21. The van der Waals surface area contributed by atoms with Crippen LogP contribution in [0.3, 0.4) is 0 Å². The average Bonchev–Trinajstić information content (AvgIpc) is 2.17. The fraction of sp³-hybridized carbons (Fsp3) is 1.00. The van der Waals surface area contributed by atoms with Gasteiger partial charge in [0.15, 0.2) is 0 Å². The monoisotopic (exact) mass is 202 g/mol. The van der Waals surface area contributed by atoms with E-state index in [2.05, 4.69) is 6.92 Å². The maximum absolute atomic E-state index is 9.83. The molecule has 0 aliphatic heterocycles. The van der Waals surface area contributed by atoms with Crippen LogP contribution in [0.5, 0.6) is 0 Å². The molecule has 1 fully saturated rings. The van der Waals surface area contributed by atoms with E-state index in [1.165, 1.54) is 32.1 Å². The Bertz CT molecular complexity index is 139. The topological polar surface area (TPSA) is 20.2 Å². The lowest BCUT2D eigenvalue weighted by Gasteiger charge is -2.26. The molecule has 0 heterocycles. The van der Waals surface area contributed by atoms with Crippen molar-refractivity contribution in [2.75, 3.05) is 5.75 Å². The van der Waals surface area contributed by atoms with Crippen molar-refractivity contribution >= 4 is 11.8 Å². The highest BCUT2D eigenvalue weighted by Crippen LogP contribution is 2.30. The van der Waals surface area contributed by atoms with Gasteiger partial charge in [-0.25, -0.2) is 0 Å². The fourth-order valence-electron chi connectivity index (χ4n) is 1.63. The van der Waals surface area contributed by atoms with Gasteiger partial charge in [-0.15, -0.1) is 0 Å². The zero-order valence-corrected chi connectivity index (χ0v) is 9.70. The molecule has 78 valence electrons. The van der Waals surface area contributed by atoms with Gasteiger partial charge in [0.2, 0.25) is 0 Å². The molecule has 0 aromatic carbocycles. The minimum Gasteiger partial charge on any atom is -0.389 e. The summed E-state index contributed by atoms with van der Waals surface area (Å²) in [6.45, 7) is 4.00. The molecule has 0 spiro atoms. The van der Waals surface area contributed by atoms with Crippen LogP contribution >= 0.6 is 11.8 Å². The molecule has 0 saturated heterocycles. The van der Waals surface area contributed by atoms with Gasteiger partial charge in [-0.3, -0.25) is 0 Å². The Morgan fingerprint density at radius 3 is 2.46 bits per heavy atom. The fourth-order valence-corrected chi connectivity index (χ4v) is 3.10. The number of thioether (sulfide) groups is 1. The van der Waals surface area contributed by atoms with E-state index in [-0.39, 0.29) is 0 Å². The van der Waals surface area contributed by atoms with E-state index in [0.717, 1.165) is 17.4 Å². The van der Waals surface area contributed by atoms with E-state index >= 15 is 0 Å². The normalized spacial score (nSPS) is 24.2. The Morgan fingerprint density at radius 1 is 1.31 bits per heavy atom. The third-order valence-corrected chi connectivity index (χ3v) is 4.68. The van der Waals surface area contributed by atoms with E-state index in [9.17, 15) is 5.11 Å². The van der Waals surface area contributed by atoms with Crippen LogP contribution in [-0.2, 0) is 0 Å². The molecule has 1 aliphatic carbocycles. The minimum atomic E-state index is -0.442. The Hall–Kier alpha value is 0.310. The summed E-state index contributed by atoms with van der Waals surface area (Å²) in [6.07, 6.45) is 7.81. The standard InChI is InChI=1S/C11H22OS/c1-3-11(2,12)9-13-10-7-5-4-6-8-10/h10,12H,3-9H2,1-2H3. The van der Waals surface area contributed by atoms with Crippen LogP contribution < -0.4 is 0 Å². The van der Waals surface area contributed by atoms with Gasteiger partial charge in [0.1, 0.15) is 0 Å². The molecular formula is C11H22OS. The lowest BCUT2D eigenvalue weighted by atomic mass is 10.0. The van der Waals surface area contributed by atoms with Crippen molar-refractivity contribution in [1.29, 1.82) is 0 Å². The Kier molecular flexibility index (Phi) is 4.60. The molecule has 0 aromatic heterocycles. The summed E-state index contributed by atoms with van der Waals surface area (Å²) in [5.41, 5.74) is -0.442. The summed E-state index contributed by atoms with van der Waals surface area (Å²) < 4.78 is 0. The molecule has 1 rings (SSSR count). The zero-order valence-electron chi connectivity index (χ0n) is 8.88. The highest BCUT2D eigenvalue weighted by molar-refractivity contribution is 7.99. The van der Waals surface area contributed by atoms with Crippen molar-refractivity contribution in [3.8, 4) is 0 Å². The zero-order chi connectivity index (χ0) is 9.73. The average molecular weight is 202 g/mol. The number of hydrogen-bond donors (Lipinski definition) is 1. The van der Waals surface area contributed by atoms with Crippen LogP contribution in [0.25, 0.3) is 0 Å². The molecule has 0 radical (unpaired) electrons. The summed E-state index contributed by atoms with van der Waals surface area (Å²) in [7, 11) is 0. The van der Waals surface area contributed by atoms with Crippen molar-refractivity contribution < 1.29 is 5.11 Å². The number of hydrogen-bond acceptors (Lipinski definition) is 2. The smallest absolute Gasteiger partial charge is 0.0707 e. The molecule has 0 bridgehead atoms. The maximum atomic E-state index is 9.83. The van der Waals surface area contributed by atoms with Crippen molar-refractivity contribution in [2.45, 2.75) is 63.2 Å². The van der Waals surface area contributed by atoms with Crippen LogP contribution in [0.15, 0.2) is 0 Å². The molecule has 2 heteroatoms. The maximum Gasteiger partial charge on any atom is 0.0707 e. The van der Waals surface area contributed by atoms with Crippen LogP contribution in [-0.4, -0.2) is 21.7 Å². The van der Waals surface area contributed by atoms with Gasteiger partial charge >= 0.3 is 0 Å². The Morgan fingerprint density at radius 2 is 1.92 bits per heavy atom. The van der Waals surface area contributed by atoms with E-state index in [4.69, 9.17) is 0 Å². The first-order valence-electron chi connectivity index (χ1n) is 5.48. The van der Waals surface area contributed by atoms with Gasteiger partial charge in [-0.1, -0.05) is 26.2 Å². The van der Waals surface area contributed by atoms with Gasteiger partial charge in [0.05, 0.1) is 5.60 Å². The van der Waals surface area contributed by atoms with E-state index < -0.39 is 5.60 Å². The summed E-state index contributed by atoms with van der Waals surface area (Å²) in [6, 6.07) is 0. The highest BCUT2D eigenvalue weighted by atomic mass is 32.2. The van der Waals surface area contributed by atoms with E-state index in [1.807, 2.05) is 18.7 Å². The highest BCUT2D eigenvalue weighted by Gasteiger charge is 2.21. The third kappa shape index (κ3) is 4.37. The second kappa shape index (κ2) is 5.26. The van der Waals surface area contributed by atoms with Crippen LogP contribution in [0.4, 0.5) is 0 Å². The second-order valence-electron chi connectivity index (χ2n) is 4.42. The first-order valence-corrected chi connectivity index (χ1v) is 6.53. The molecule has 1 N–H and O–H groups in total. The lowest BCUT2D eigenvalue weighted by Crippen LogP contribution is -2.27. The molecule has 1 nitrogen and oxygen atoms in total. The van der Waals surface area contributed by atoms with Crippen molar-refractivity contribution in [1.82, 2.24) is 0 Å². The van der Waals surface area contributed by atoms with Crippen molar-refractivity contribution in [3.05, 3.63) is 0 Å². The van der Waals surface area contributed by atoms with Crippen LogP contribution in [0.1, 0.15) is 52.4 Å². The molecule has 1 saturated carbocycles. The summed E-state index contributed by atoms with van der Waals surface area (Å²) in [5, 5.41) is 10.7. The van der Waals surface area contributed by atoms with Crippen LogP contribution in [0.2, 0.25) is 0 Å².